The molecule has 0 atom stereocenters. The summed E-state index contributed by atoms with van der Waals surface area (Å²) in [4.78, 5) is 19.4. The number of hydrogen-bond acceptors (Lipinski definition) is 2. The van der Waals surface area contributed by atoms with E-state index >= 15 is 0 Å². The van der Waals surface area contributed by atoms with Crippen LogP contribution in [0.15, 0.2) is 42.7 Å². The molecular weight excluding hydrogens is 250 g/mol. The molecule has 4 nitrogen and oxygen atoms in total. The molecule has 100 valence electrons. The number of carbonyl (C=O) groups excluding carboxylic acids is 1. The molecular formula is C16H15N3O. The number of aromatic nitrogens is 2. The standard InChI is InChI=1S/C16H15N3O/c1-10-3-4-12(7-11(10)2)16(20)19-13-5-6-14-15(8-13)18-9-17-14/h3-9H,1-2H3,(H,17,18)(H,19,20). The summed E-state index contributed by atoms with van der Waals surface area (Å²) in [6.45, 7) is 4.03. The van der Waals surface area contributed by atoms with Gasteiger partial charge in [-0.2, -0.15) is 0 Å². The zero-order valence-electron chi connectivity index (χ0n) is 11.4. The minimum Gasteiger partial charge on any atom is -0.345 e. The third-order valence-electron chi connectivity index (χ3n) is 3.45. The fourth-order valence-corrected chi connectivity index (χ4v) is 2.10. The largest absolute Gasteiger partial charge is 0.345 e. The maximum Gasteiger partial charge on any atom is 0.255 e. The molecule has 2 N–H and O–H groups in total. The summed E-state index contributed by atoms with van der Waals surface area (Å²) in [6.07, 6.45) is 1.64. The summed E-state index contributed by atoms with van der Waals surface area (Å²) in [6, 6.07) is 11.3. The Bertz CT molecular complexity index is 789. The van der Waals surface area contributed by atoms with Crippen molar-refractivity contribution in [2.24, 2.45) is 0 Å². The Balaban J connectivity index is 1.85. The Labute approximate surface area is 116 Å². The van der Waals surface area contributed by atoms with Crippen LogP contribution in [0.3, 0.4) is 0 Å². The highest BCUT2D eigenvalue weighted by molar-refractivity contribution is 6.05. The molecule has 0 fully saturated rings. The van der Waals surface area contributed by atoms with Gasteiger partial charge in [0.2, 0.25) is 0 Å². The Kier molecular flexibility index (Phi) is 2.99. The number of fused-ring (bicyclic) bond motifs is 1. The van der Waals surface area contributed by atoms with E-state index in [2.05, 4.69) is 15.3 Å². The zero-order valence-corrected chi connectivity index (χ0v) is 11.4. The van der Waals surface area contributed by atoms with Crippen molar-refractivity contribution in [3.63, 3.8) is 0 Å². The number of nitrogens with zero attached hydrogens (tertiary/aromatic N) is 1. The minimum atomic E-state index is -0.105. The second kappa shape index (κ2) is 4.81. The number of anilines is 1. The van der Waals surface area contributed by atoms with Gasteiger partial charge < -0.3 is 10.3 Å². The second-order valence-electron chi connectivity index (χ2n) is 4.89. The van der Waals surface area contributed by atoms with Gasteiger partial charge in [-0.1, -0.05) is 6.07 Å². The van der Waals surface area contributed by atoms with E-state index in [1.165, 1.54) is 5.56 Å². The number of aryl methyl sites for hydroxylation is 2. The predicted molar refractivity (Wildman–Crippen MR) is 80.0 cm³/mol. The highest BCUT2D eigenvalue weighted by Gasteiger charge is 2.08. The molecule has 0 radical (unpaired) electrons. The van der Waals surface area contributed by atoms with E-state index in [1.54, 1.807) is 6.33 Å². The van der Waals surface area contributed by atoms with Crippen LogP contribution in [0.1, 0.15) is 21.5 Å². The van der Waals surface area contributed by atoms with Gasteiger partial charge in [-0.3, -0.25) is 4.79 Å². The van der Waals surface area contributed by atoms with Crippen LogP contribution in [0, 0.1) is 13.8 Å². The van der Waals surface area contributed by atoms with Crippen molar-refractivity contribution >= 4 is 22.6 Å². The Morgan fingerprint density at radius 2 is 1.95 bits per heavy atom. The van der Waals surface area contributed by atoms with Gasteiger partial charge in [0.05, 0.1) is 17.4 Å². The summed E-state index contributed by atoms with van der Waals surface area (Å²) in [5.41, 5.74) is 5.50. The lowest BCUT2D eigenvalue weighted by Crippen LogP contribution is -2.12. The van der Waals surface area contributed by atoms with Crippen molar-refractivity contribution in [3.05, 3.63) is 59.4 Å². The number of rotatable bonds is 2. The van der Waals surface area contributed by atoms with E-state index < -0.39 is 0 Å². The number of carbonyl (C=O) groups is 1. The van der Waals surface area contributed by atoms with Gasteiger partial charge in [0.15, 0.2) is 0 Å². The fraction of sp³-hybridized carbons (Fsp3) is 0.125. The molecule has 1 amide bonds. The third-order valence-corrected chi connectivity index (χ3v) is 3.45. The van der Waals surface area contributed by atoms with Crippen LogP contribution in [-0.4, -0.2) is 15.9 Å². The van der Waals surface area contributed by atoms with E-state index in [9.17, 15) is 4.79 Å². The quantitative estimate of drug-likeness (QED) is 0.745. The molecule has 0 bridgehead atoms. The van der Waals surface area contributed by atoms with Crippen LogP contribution in [0.4, 0.5) is 5.69 Å². The minimum absolute atomic E-state index is 0.105. The summed E-state index contributed by atoms with van der Waals surface area (Å²) in [5, 5.41) is 2.90. The van der Waals surface area contributed by atoms with E-state index in [4.69, 9.17) is 0 Å². The lowest BCUT2D eigenvalue weighted by molar-refractivity contribution is 0.102. The molecule has 0 spiro atoms. The van der Waals surface area contributed by atoms with E-state index in [0.29, 0.717) is 5.56 Å². The fourth-order valence-electron chi connectivity index (χ4n) is 2.10. The van der Waals surface area contributed by atoms with Crippen molar-refractivity contribution in [3.8, 4) is 0 Å². The van der Waals surface area contributed by atoms with Crippen molar-refractivity contribution in [2.75, 3.05) is 5.32 Å². The smallest absolute Gasteiger partial charge is 0.255 e. The molecule has 4 heteroatoms. The normalized spacial score (nSPS) is 10.7. The summed E-state index contributed by atoms with van der Waals surface area (Å²) >= 11 is 0. The first kappa shape index (κ1) is 12.4. The second-order valence-corrected chi connectivity index (χ2v) is 4.89. The molecule has 1 heterocycles. The molecule has 3 rings (SSSR count). The maximum absolute atomic E-state index is 12.2. The summed E-state index contributed by atoms with van der Waals surface area (Å²) in [5.74, 6) is -0.105. The predicted octanol–water partition coefficient (Wildman–Crippen LogP) is 3.43. The van der Waals surface area contributed by atoms with Crippen LogP contribution in [0.2, 0.25) is 0 Å². The van der Waals surface area contributed by atoms with Crippen LogP contribution in [0.25, 0.3) is 11.0 Å². The van der Waals surface area contributed by atoms with Gasteiger partial charge in [0, 0.05) is 11.3 Å². The zero-order chi connectivity index (χ0) is 14.1. The molecule has 0 aliphatic heterocycles. The van der Waals surface area contributed by atoms with Gasteiger partial charge in [-0.05, 0) is 55.3 Å². The van der Waals surface area contributed by atoms with Crippen molar-refractivity contribution < 1.29 is 4.79 Å². The number of imidazole rings is 1. The maximum atomic E-state index is 12.2. The Morgan fingerprint density at radius 3 is 2.75 bits per heavy atom. The molecule has 2 aromatic carbocycles. The van der Waals surface area contributed by atoms with Crippen LogP contribution in [0.5, 0.6) is 0 Å². The Morgan fingerprint density at radius 1 is 1.10 bits per heavy atom. The van der Waals surface area contributed by atoms with E-state index in [1.807, 2.05) is 50.2 Å². The van der Waals surface area contributed by atoms with Crippen molar-refractivity contribution in [2.45, 2.75) is 13.8 Å². The van der Waals surface area contributed by atoms with Gasteiger partial charge >= 0.3 is 0 Å². The van der Waals surface area contributed by atoms with Crippen LogP contribution >= 0.6 is 0 Å². The SMILES string of the molecule is Cc1ccc(C(=O)Nc2ccc3nc[nH]c3c2)cc1C. The number of nitrogens with one attached hydrogen (secondary N) is 2. The third kappa shape index (κ3) is 2.28. The number of amides is 1. The molecule has 3 aromatic rings. The Hall–Kier alpha value is -2.62. The van der Waals surface area contributed by atoms with E-state index in [-0.39, 0.29) is 5.91 Å². The lowest BCUT2D eigenvalue weighted by Gasteiger charge is -2.07. The average Bonchev–Trinajstić information content (AvgIpc) is 2.89. The molecule has 0 aliphatic carbocycles. The number of benzene rings is 2. The highest BCUT2D eigenvalue weighted by Crippen LogP contribution is 2.17. The van der Waals surface area contributed by atoms with Gasteiger partial charge in [0.1, 0.15) is 0 Å². The van der Waals surface area contributed by atoms with Gasteiger partial charge in [0.25, 0.3) is 5.91 Å². The first-order chi connectivity index (χ1) is 9.63. The number of hydrogen-bond donors (Lipinski definition) is 2. The first-order valence-corrected chi connectivity index (χ1v) is 6.45. The van der Waals surface area contributed by atoms with Gasteiger partial charge in [-0.25, -0.2) is 4.98 Å². The lowest BCUT2D eigenvalue weighted by atomic mass is 10.1. The average molecular weight is 265 g/mol. The number of H-pyrrole nitrogens is 1. The monoisotopic (exact) mass is 265 g/mol. The first-order valence-electron chi connectivity index (χ1n) is 6.45. The van der Waals surface area contributed by atoms with Crippen LogP contribution < -0.4 is 5.32 Å². The van der Waals surface area contributed by atoms with Crippen molar-refractivity contribution in [1.29, 1.82) is 0 Å². The topological polar surface area (TPSA) is 57.8 Å². The summed E-state index contributed by atoms with van der Waals surface area (Å²) < 4.78 is 0. The molecule has 20 heavy (non-hydrogen) atoms. The summed E-state index contributed by atoms with van der Waals surface area (Å²) in [7, 11) is 0. The van der Waals surface area contributed by atoms with E-state index in [0.717, 1.165) is 22.3 Å². The molecule has 0 saturated heterocycles. The number of aromatic amines is 1. The van der Waals surface area contributed by atoms with Crippen LogP contribution in [-0.2, 0) is 0 Å². The molecule has 0 unspecified atom stereocenters. The molecule has 1 aromatic heterocycles. The van der Waals surface area contributed by atoms with Crippen molar-refractivity contribution in [1.82, 2.24) is 9.97 Å². The van der Waals surface area contributed by atoms with Gasteiger partial charge in [-0.15, -0.1) is 0 Å². The molecule has 0 aliphatic rings. The highest BCUT2D eigenvalue weighted by atomic mass is 16.1. The molecule has 0 saturated carbocycles.